The van der Waals surface area contributed by atoms with Crippen molar-refractivity contribution in [2.45, 2.75) is 13.0 Å². The lowest BCUT2D eigenvalue weighted by Gasteiger charge is -2.17. The molecule has 3 aromatic rings. The van der Waals surface area contributed by atoms with Crippen molar-refractivity contribution in [3.8, 4) is 22.9 Å². The minimum atomic E-state index is -0.162. The van der Waals surface area contributed by atoms with Gasteiger partial charge in [-0.05, 0) is 51.3 Å². The number of hydrogen-bond donors (Lipinski definition) is 0. The fraction of sp³-hybridized carbons (Fsp3) is 0.318. The normalized spacial score (nSPS) is 12.4. The highest BCUT2D eigenvalue weighted by Gasteiger charge is 2.34. The van der Waals surface area contributed by atoms with Crippen LogP contribution in [-0.2, 0) is 6.54 Å². The molecule has 4 rings (SSSR count). The van der Waals surface area contributed by atoms with Gasteiger partial charge in [-0.2, -0.15) is 0 Å². The van der Waals surface area contributed by atoms with Crippen LogP contribution in [0.3, 0.4) is 0 Å². The van der Waals surface area contributed by atoms with Crippen molar-refractivity contribution in [3.05, 3.63) is 51.9 Å². The third kappa shape index (κ3) is 2.98. The molecule has 0 spiro atoms. The van der Waals surface area contributed by atoms with Gasteiger partial charge < -0.3 is 18.9 Å². The highest BCUT2D eigenvalue weighted by molar-refractivity contribution is 6.26. The number of benzene rings is 1. The second kappa shape index (κ2) is 7.33. The van der Waals surface area contributed by atoms with E-state index in [-0.39, 0.29) is 11.3 Å². The fourth-order valence-electron chi connectivity index (χ4n) is 3.92. The molecule has 2 heterocycles. The lowest BCUT2D eigenvalue weighted by atomic mass is 10.0. The van der Waals surface area contributed by atoms with Crippen LogP contribution in [-0.4, -0.2) is 55.1 Å². The molecule has 0 radical (unpaired) electrons. The van der Waals surface area contributed by atoms with E-state index in [0.717, 1.165) is 13.0 Å². The standard InChI is InChI=1S/C22H23N3O4/c1-24(2)9-6-10-25-20-18(21(26)13-7-5-8-23-19(13)20)14-11-16(28-3)17(29-4)12-15(14)22(25)27/h5,7-8,11-12H,6,9-10H2,1-4H3. The van der Waals surface area contributed by atoms with Gasteiger partial charge in [0.25, 0.3) is 5.56 Å². The van der Waals surface area contributed by atoms with Gasteiger partial charge in [-0.25, -0.2) is 0 Å². The van der Waals surface area contributed by atoms with Gasteiger partial charge >= 0.3 is 0 Å². The molecule has 1 aliphatic rings. The van der Waals surface area contributed by atoms with Crippen LogP contribution in [0, 0.1) is 0 Å². The van der Waals surface area contributed by atoms with E-state index < -0.39 is 0 Å². The van der Waals surface area contributed by atoms with E-state index in [1.165, 1.54) is 14.2 Å². The molecular weight excluding hydrogens is 370 g/mol. The quantitative estimate of drug-likeness (QED) is 0.501. The lowest BCUT2D eigenvalue weighted by Crippen LogP contribution is -2.25. The molecule has 7 heteroatoms. The van der Waals surface area contributed by atoms with Crippen molar-refractivity contribution in [3.63, 3.8) is 0 Å². The summed E-state index contributed by atoms with van der Waals surface area (Å²) in [5, 5.41) is 1.00. The molecule has 1 aromatic carbocycles. The second-order valence-electron chi connectivity index (χ2n) is 7.32. The van der Waals surface area contributed by atoms with Crippen molar-refractivity contribution in [2.24, 2.45) is 0 Å². The smallest absolute Gasteiger partial charge is 0.259 e. The van der Waals surface area contributed by atoms with E-state index >= 15 is 0 Å². The summed E-state index contributed by atoms with van der Waals surface area (Å²) < 4.78 is 12.5. The highest BCUT2D eigenvalue weighted by atomic mass is 16.5. The molecule has 1 aliphatic carbocycles. The number of ether oxygens (including phenoxy) is 2. The van der Waals surface area contributed by atoms with Gasteiger partial charge in [0.05, 0.1) is 42.1 Å². The first-order valence-electron chi connectivity index (χ1n) is 9.45. The minimum absolute atomic E-state index is 0.123. The van der Waals surface area contributed by atoms with Crippen LogP contribution in [0.1, 0.15) is 22.3 Å². The molecule has 0 N–H and O–H groups in total. The van der Waals surface area contributed by atoms with Gasteiger partial charge in [-0.3, -0.25) is 14.6 Å². The summed E-state index contributed by atoms with van der Waals surface area (Å²) in [6.45, 7) is 1.32. The first kappa shape index (κ1) is 19.1. The third-order valence-corrected chi connectivity index (χ3v) is 5.27. The van der Waals surface area contributed by atoms with Crippen molar-refractivity contribution < 1.29 is 14.3 Å². The molecule has 150 valence electrons. The van der Waals surface area contributed by atoms with Crippen LogP contribution in [0.15, 0.2) is 35.3 Å². The maximum atomic E-state index is 13.5. The number of carbonyl (C=O) groups is 1. The van der Waals surface area contributed by atoms with Crippen molar-refractivity contribution in [1.29, 1.82) is 0 Å². The number of carbonyl (C=O) groups excluding carboxylic acids is 1. The molecular formula is C22H23N3O4. The molecule has 0 saturated heterocycles. The first-order valence-corrected chi connectivity index (χ1v) is 9.45. The molecule has 0 bridgehead atoms. The number of hydrogen-bond acceptors (Lipinski definition) is 6. The Morgan fingerprint density at radius 1 is 1.07 bits per heavy atom. The highest BCUT2D eigenvalue weighted by Crippen LogP contribution is 2.41. The minimum Gasteiger partial charge on any atom is -0.493 e. The van der Waals surface area contributed by atoms with Crippen LogP contribution in [0.5, 0.6) is 11.5 Å². The Morgan fingerprint density at radius 3 is 2.41 bits per heavy atom. The van der Waals surface area contributed by atoms with Crippen LogP contribution in [0.4, 0.5) is 0 Å². The van der Waals surface area contributed by atoms with E-state index in [9.17, 15) is 9.59 Å². The molecule has 0 aliphatic heterocycles. The topological polar surface area (TPSA) is 73.7 Å². The van der Waals surface area contributed by atoms with Gasteiger partial charge in [-0.1, -0.05) is 0 Å². The molecule has 0 unspecified atom stereocenters. The number of pyridine rings is 2. The summed E-state index contributed by atoms with van der Waals surface area (Å²) in [5.74, 6) is 0.809. The Labute approximate surface area is 168 Å². The maximum Gasteiger partial charge on any atom is 0.259 e. The van der Waals surface area contributed by atoms with E-state index in [2.05, 4.69) is 9.88 Å². The Morgan fingerprint density at radius 2 is 1.76 bits per heavy atom. The molecule has 0 amide bonds. The molecule has 0 atom stereocenters. The summed E-state index contributed by atoms with van der Waals surface area (Å²) in [5.41, 5.74) is 2.01. The molecule has 0 saturated carbocycles. The van der Waals surface area contributed by atoms with E-state index in [0.29, 0.717) is 51.3 Å². The predicted molar refractivity (Wildman–Crippen MR) is 111 cm³/mol. The average Bonchev–Trinajstić information content (AvgIpc) is 3.02. The monoisotopic (exact) mass is 393 g/mol. The number of nitrogens with zero attached hydrogens (tertiary/aromatic N) is 3. The number of rotatable bonds is 6. The SMILES string of the molecule is COc1cc2c3c(n(CCCN(C)C)c(=O)c2cc1OC)-c1ncccc1C3=O. The maximum absolute atomic E-state index is 13.5. The summed E-state index contributed by atoms with van der Waals surface area (Å²) in [6.07, 6.45) is 2.42. The zero-order valence-electron chi connectivity index (χ0n) is 17.0. The molecule has 0 fully saturated rings. The summed E-state index contributed by atoms with van der Waals surface area (Å²) >= 11 is 0. The van der Waals surface area contributed by atoms with Gasteiger partial charge in [0.15, 0.2) is 17.3 Å². The van der Waals surface area contributed by atoms with Crippen molar-refractivity contribution >= 4 is 16.6 Å². The Bertz CT molecular complexity index is 1180. The van der Waals surface area contributed by atoms with Crippen LogP contribution < -0.4 is 15.0 Å². The average molecular weight is 393 g/mol. The van der Waals surface area contributed by atoms with Crippen molar-refractivity contribution in [1.82, 2.24) is 14.5 Å². The Balaban J connectivity index is 2.05. The number of ketones is 1. The number of aromatic nitrogens is 2. The van der Waals surface area contributed by atoms with E-state index in [4.69, 9.17) is 9.47 Å². The zero-order chi connectivity index (χ0) is 20.7. The molecule has 7 nitrogen and oxygen atoms in total. The predicted octanol–water partition coefficient (Wildman–Crippen LogP) is 2.58. The van der Waals surface area contributed by atoms with Gasteiger partial charge in [-0.15, -0.1) is 0 Å². The van der Waals surface area contributed by atoms with Crippen LogP contribution >= 0.6 is 0 Å². The van der Waals surface area contributed by atoms with Gasteiger partial charge in [0, 0.05) is 18.1 Å². The molecule has 2 aromatic heterocycles. The summed E-state index contributed by atoms with van der Waals surface area (Å²) in [6, 6.07) is 6.86. The second-order valence-corrected chi connectivity index (χ2v) is 7.32. The molecule has 29 heavy (non-hydrogen) atoms. The summed E-state index contributed by atoms with van der Waals surface area (Å²) in [4.78, 5) is 33.2. The van der Waals surface area contributed by atoms with E-state index in [1.807, 2.05) is 14.1 Å². The van der Waals surface area contributed by atoms with Crippen LogP contribution in [0.25, 0.3) is 22.2 Å². The Kier molecular flexibility index (Phi) is 4.84. The largest absolute Gasteiger partial charge is 0.493 e. The van der Waals surface area contributed by atoms with Gasteiger partial charge in [0.2, 0.25) is 0 Å². The van der Waals surface area contributed by atoms with Crippen molar-refractivity contribution in [2.75, 3.05) is 34.9 Å². The van der Waals surface area contributed by atoms with E-state index in [1.54, 1.807) is 35.0 Å². The van der Waals surface area contributed by atoms with Gasteiger partial charge in [0.1, 0.15) is 0 Å². The van der Waals surface area contributed by atoms with Crippen LogP contribution in [0.2, 0.25) is 0 Å². The third-order valence-electron chi connectivity index (χ3n) is 5.27. The lowest BCUT2D eigenvalue weighted by molar-refractivity contribution is 0.104. The summed E-state index contributed by atoms with van der Waals surface area (Å²) in [7, 11) is 7.04. The number of fused-ring (bicyclic) bond motifs is 5. The fourth-order valence-corrected chi connectivity index (χ4v) is 3.92. The Hall–Kier alpha value is -3.19. The first-order chi connectivity index (χ1) is 14.0. The number of methoxy groups -OCH3 is 2. The zero-order valence-corrected chi connectivity index (χ0v) is 17.0.